The van der Waals surface area contributed by atoms with Crippen LogP contribution in [0.2, 0.25) is 0 Å². The summed E-state index contributed by atoms with van der Waals surface area (Å²) in [5.74, 6) is 0. The first kappa shape index (κ1) is 13.2. The largest absolute Gasteiger partial charge is 0.196 e. The van der Waals surface area contributed by atoms with Crippen molar-refractivity contribution < 1.29 is 0 Å². The van der Waals surface area contributed by atoms with Crippen molar-refractivity contribution in [2.45, 2.75) is 33.1 Å². The fourth-order valence-electron chi connectivity index (χ4n) is 1.53. The minimum atomic E-state index is -0.905. The highest BCUT2D eigenvalue weighted by atomic mass is 79.9. The van der Waals surface area contributed by atoms with Crippen LogP contribution in [0.4, 0.5) is 0 Å². The molecule has 0 aliphatic carbocycles. The van der Waals surface area contributed by atoms with Gasteiger partial charge >= 0.3 is 0 Å². The molecular formula is C11H15BrN2. The first-order chi connectivity index (χ1) is 6.70. The van der Waals surface area contributed by atoms with Crippen LogP contribution < -0.4 is 0 Å². The van der Waals surface area contributed by atoms with Crippen molar-refractivity contribution in [2.75, 3.05) is 5.33 Å². The molecule has 0 atom stereocenters. The van der Waals surface area contributed by atoms with Crippen LogP contribution in [0.5, 0.6) is 0 Å². The van der Waals surface area contributed by atoms with Gasteiger partial charge in [0, 0.05) is 5.33 Å². The van der Waals surface area contributed by atoms with Crippen molar-refractivity contribution in [3.05, 3.63) is 11.6 Å². The Bertz CT molecular complexity index is 267. The maximum atomic E-state index is 9.11. The Morgan fingerprint density at radius 1 is 1.43 bits per heavy atom. The Morgan fingerprint density at radius 2 is 2.00 bits per heavy atom. The van der Waals surface area contributed by atoms with Crippen LogP contribution in [0.15, 0.2) is 11.6 Å². The van der Waals surface area contributed by atoms with E-state index in [9.17, 15) is 0 Å². The fraction of sp³-hybridized carbons (Fsp3) is 0.636. The number of hydrogen-bond donors (Lipinski definition) is 0. The SMILES string of the molecule is C/C=C(/CC)C(C#N)(C#N)CCCBr. The lowest BCUT2D eigenvalue weighted by Gasteiger charge is -2.20. The topological polar surface area (TPSA) is 47.6 Å². The number of halogens is 1. The van der Waals surface area contributed by atoms with Crippen LogP contribution in [0.3, 0.4) is 0 Å². The van der Waals surface area contributed by atoms with E-state index >= 15 is 0 Å². The Kier molecular flexibility index (Phi) is 6.25. The second kappa shape index (κ2) is 6.62. The third-order valence-corrected chi connectivity index (χ3v) is 2.91. The second-order valence-electron chi connectivity index (χ2n) is 3.09. The standard InChI is InChI=1S/C11H15BrN2/c1-3-10(4-2)11(8-13,9-14)6-5-7-12/h3H,4-7H2,1-2H3/b10-3-. The summed E-state index contributed by atoms with van der Waals surface area (Å²) in [6, 6.07) is 4.30. The highest BCUT2D eigenvalue weighted by molar-refractivity contribution is 9.09. The van der Waals surface area contributed by atoms with Crippen LogP contribution >= 0.6 is 15.9 Å². The van der Waals surface area contributed by atoms with Crippen molar-refractivity contribution >= 4 is 15.9 Å². The molecule has 0 rings (SSSR count). The molecule has 0 N–H and O–H groups in total. The average molecular weight is 255 g/mol. The van der Waals surface area contributed by atoms with E-state index in [1.807, 2.05) is 19.9 Å². The molecule has 2 nitrogen and oxygen atoms in total. The lowest BCUT2D eigenvalue weighted by molar-refractivity contribution is 0.535. The maximum absolute atomic E-state index is 9.11. The van der Waals surface area contributed by atoms with Crippen LogP contribution in [0, 0.1) is 28.1 Å². The van der Waals surface area contributed by atoms with Gasteiger partial charge in [-0.3, -0.25) is 0 Å². The minimum Gasteiger partial charge on any atom is -0.196 e. The molecule has 0 aromatic carbocycles. The Labute approximate surface area is 94.4 Å². The van der Waals surface area contributed by atoms with E-state index in [0.29, 0.717) is 6.42 Å². The first-order valence-corrected chi connectivity index (χ1v) is 5.87. The molecule has 0 fully saturated rings. The Morgan fingerprint density at radius 3 is 2.29 bits per heavy atom. The lowest BCUT2D eigenvalue weighted by Crippen LogP contribution is -2.19. The molecule has 0 aromatic heterocycles. The Hall–Kier alpha value is -0.800. The Balaban J connectivity index is 4.91. The van der Waals surface area contributed by atoms with Gasteiger partial charge in [0.1, 0.15) is 0 Å². The first-order valence-electron chi connectivity index (χ1n) is 4.74. The molecule has 0 aliphatic rings. The van der Waals surface area contributed by atoms with Gasteiger partial charge in [-0.1, -0.05) is 28.9 Å². The van der Waals surface area contributed by atoms with Gasteiger partial charge < -0.3 is 0 Å². The van der Waals surface area contributed by atoms with Crippen molar-refractivity contribution in [3.63, 3.8) is 0 Å². The summed E-state index contributed by atoms with van der Waals surface area (Å²) in [4.78, 5) is 0. The minimum absolute atomic E-state index is 0.610. The van der Waals surface area contributed by atoms with Crippen molar-refractivity contribution in [2.24, 2.45) is 5.41 Å². The van der Waals surface area contributed by atoms with Crippen LogP contribution in [0.25, 0.3) is 0 Å². The predicted octanol–water partition coefficient (Wildman–Crippen LogP) is 3.55. The van der Waals surface area contributed by atoms with E-state index in [0.717, 1.165) is 23.7 Å². The molecule has 0 amide bonds. The number of rotatable bonds is 5. The molecule has 0 spiro atoms. The van der Waals surface area contributed by atoms with Gasteiger partial charge in [0.15, 0.2) is 5.41 Å². The molecule has 76 valence electrons. The average Bonchev–Trinajstić information content (AvgIpc) is 2.24. The van der Waals surface area contributed by atoms with Gasteiger partial charge in [-0.15, -0.1) is 0 Å². The number of nitriles is 2. The molecule has 0 radical (unpaired) electrons. The molecular weight excluding hydrogens is 240 g/mol. The highest BCUT2D eigenvalue weighted by Gasteiger charge is 2.32. The zero-order chi connectivity index (χ0) is 11.0. The molecule has 0 heterocycles. The molecule has 0 saturated heterocycles. The van der Waals surface area contributed by atoms with Gasteiger partial charge in [0.2, 0.25) is 0 Å². The smallest absolute Gasteiger partial charge is 0.164 e. The molecule has 0 unspecified atom stereocenters. The van der Waals surface area contributed by atoms with Crippen molar-refractivity contribution in [1.82, 2.24) is 0 Å². The molecule has 0 bridgehead atoms. The summed E-state index contributed by atoms with van der Waals surface area (Å²) in [7, 11) is 0. The summed E-state index contributed by atoms with van der Waals surface area (Å²) >= 11 is 3.32. The van der Waals surface area contributed by atoms with E-state index in [2.05, 4.69) is 28.1 Å². The molecule has 0 aromatic rings. The van der Waals surface area contributed by atoms with E-state index in [4.69, 9.17) is 10.5 Å². The molecule has 0 saturated carbocycles. The molecule has 0 aliphatic heterocycles. The number of alkyl halides is 1. The highest BCUT2D eigenvalue weighted by Crippen LogP contribution is 2.33. The van der Waals surface area contributed by atoms with Gasteiger partial charge in [0.05, 0.1) is 12.1 Å². The summed E-state index contributed by atoms with van der Waals surface area (Å²) in [6.45, 7) is 3.86. The summed E-state index contributed by atoms with van der Waals surface area (Å²) < 4.78 is 0. The fourth-order valence-corrected chi connectivity index (χ4v) is 1.81. The quantitative estimate of drug-likeness (QED) is 0.557. The van der Waals surface area contributed by atoms with Crippen LogP contribution in [-0.2, 0) is 0 Å². The summed E-state index contributed by atoms with van der Waals surface area (Å²) in [5, 5.41) is 19.0. The number of nitrogens with zero attached hydrogens (tertiary/aromatic N) is 2. The normalized spacial score (nSPS) is 11.9. The van der Waals surface area contributed by atoms with Crippen LogP contribution in [-0.4, -0.2) is 5.33 Å². The molecule has 14 heavy (non-hydrogen) atoms. The number of hydrogen-bond acceptors (Lipinski definition) is 2. The van der Waals surface area contributed by atoms with Crippen molar-refractivity contribution in [1.29, 1.82) is 10.5 Å². The summed E-state index contributed by atoms with van der Waals surface area (Å²) in [5.41, 5.74) is 0.0283. The zero-order valence-electron chi connectivity index (χ0n) is 8.68. The van der Waals surface area contributed by atoms with E-state index < -0.39 is 5.41 Å². The third-order valence-electron chi connectivity index (χ3n) is 2.34. The van der Waals surface area contributed by atoms with E-state index in [1.165, 1.54) is 0 Å². The maximum Gasteiger partial charge on any atom is 0.164 e. The lowest BCUT2D eigenvalue weighted by atomic mass is 9.78. The van der Waals surface area contributed by atoms with Gasteiger partial charge in [0.25, 0.3) is 0 Å². The van der Waals surface area contributed by atoms with Crippen molar-refractivity contribution in [3.8, 4) is 12.1 Å². The predicted molar refractivity (Wildman–Crippen MR) is 60.7 cm³/mol. The van der Waals surface area contributed by atoms with Gasteiger partial charge in [-0.2, -0.15) is 10.5 Å². The second-order valence-corrected chi connectivity index (χ2v) is 3.88. The monoisotopic (exact) mass is 254 g/mol. The third kappa shape index (κ3) is 2.86. The van der Waals surface area contributed by atoms with Gasteiger partial charge in [-0.25, -0.2) is 0 Å². The van der Waals surface area contributed by atoms with E-state index in [1.54, 1.807) is 0 Å². The molecule has 3 heteroatoms. The zero-order valence-corrected chi connectivity index (χ0v) is 10.3. The van der Waals surface area contributed by atoms with E-state index in [-0.39, 0.29) is 0 Å². The summed E-state index contributed by atoms with van der Waals surface area (Å²) in [6.07, 6.45) is 4.11. The van der Waals surface area contributed by atoms with Gasteiger partial charge in [-0.05, 0) is 31.8 Å². The van der Waals surface area contributed by atoms with Crippen LogP contribution in [0.1, 0.15) is 33.1 Å². The number of allylic oxidation sites excluding steroid dienone is 2.